The molecule has 0 aliphatic carbocycles. The summed E-state index contributed by atoms with van der Waals surface area (Å²) in [5.41, 5.74) is 6.87. The Balaban J connectivity index is 2.13. The van der Waals surface area contributed by atoms with Crippen molar-refractivity contribution in [3.63, 3.8) is 0 Å². The monoisotopic (exact) mass is 266 g/mol. The summed E-state index contributed by atoms with van der Waals surface area (Å²) >= 11 is 5.84. The molecule has 1 unspecified atom stereocenters. The third-order valence-corrected chi connectivity index (χ3v) is 3.93. The molecule has 1 aromatic carbocycles. The Labute approximate surface area is 113 Å². The minimum Gasteiger partial charge on any atom is -0.398 e. The summed E-state index contributed by atoms with van der Waals surface area (Å²) in [4.78, 5) is 14.2. The number of halogens is 1. The van der Waals surface area contributed by atoms with Crippen LogP contribution in [0.1, 0.15) is 30.6 Å². The van der Waals surface area contributed by atoms with Gasteiger partial charge >= 0.3 is 0 Å². The summed E-state index contributed by atoms with van der Waals surface area (Å²) in [5.74, 6) is 1.24. The molecular weight excluding hydrogens is 248 g/mol. The second-order valence-corrected chi connectivity index (χ2v) is 5.71. The van der Waals surface area contributed by atoms with Crippen LogP contribution in [0.15, 0.2) is 18.2 Å². The van der Waals surface area contributed by atoms with E-state index in [0.717, 1.165) is 19.5 Å². The van der Waals surface area contributed by atoms with Crippen molar-refractivity contribution in [1.29, 1.82) is 0 Å². The Kier molecular flexibility index (Phi) is 3.81. The normalized spacial score (nSPS) is 19.6. The zero-order chi connectivity index (χ0) is 13.3. The number of rotatable bonds is 2. The molecule has 98 valence electrons. The quantitative estimate of drug-likeness (QED) is 0.837. The number of anilines is 1. The second-order valence-electron chi connectivity index (χ2n) is 5.28. The van der Waals surface area contributed by atoms with Crippen LogP contribution in [-0.4, -0.2) is 23.9 Å². The van der Waals surface area contributed by atoms with Gasteiger partial charge in [-0.2, -0.15) is 0 Å². The fraction of sp³-hybridized carbons (Fsp3) is 0.500. The van der Waals surface area contributed by atoms with Crippen molar-refractivity contribution in [3.8, 4) is 0 Å². The van der Waals surface area contributed by atoms with Crippen molar-refractivity contribution < 1.29 is 4.79 Å². The number of hydrogen-bond acceptors (Lipinski definition) is 2. The molecule has 0 radical (unpaired) electrons. The van der Waals surface area contributed by atoms with Crippen molar-refractivity contribution in [2.75, 3.05) is 18.8 Å². The molecule has 1 aromatic rings. The summed E-state index contributed by atoms with van der Waals surface area (Å²) in [7, 11) is 0. The van der Waals surface area contributed by atoms with Crippen LogP contribution in [0, 0.1) is 11.8 Å². The molecule has 1 amide bonds. The van der Waals surface area contributed by atoms with Crippen LogP contribution in [0.4, 0.5) is 5.69 Å². The molecule has 4 heteroatoms. The average molecular weight is 267 g/mol. The standard InChI is InChI=1S/C14H19ClN2O/c1-9(2)10-5-6-17(8-10)14(18)12-4-3-11(15)7-13(12)16/h3-4,7,9-10H,5-6,8,16H2,1-2H3. The number of nitrogen functional groups attached to an aromatic ring is 1. The highest BCUT2D eigenvalue weighted by molar-refractivity contribution is 6.31. The van der Waals surface area contributed by atoms with Gasteiger partial charge in [-0.1, -0.05) is 25.4 Å². The first-order valence-electron chi connectivity index (χ1n) is 6.33. The van der Waals surface area contributed by atoms with Gasteiger partial charge in [0.2, 0.25) is 0 Å². The lowest BCUT2D eigenvalue weighted by Crippen LogP contribution is -2.29. The fourth-order valence-electron chi connectivity index (χ4n) is 2.41. The van der Waals surface area contributed by atoms with Crippen molar-refractivity contribution in [1.82, 2.24) is 4.90 Å². The molecule has 0 saturated carbocycles. The maximum atomic E-state index is 12.4. The van der Waals surface area contributed by atoms with Gasteiger partial charge in [-0.3, -0.25) is 4.79 Å². The predicted octanol–water partition coefficient (Wildman–Crippen LogP) is 3.04. The summed E-state index contributed by atoms with van der Waals surface area (Å²) in [5, 5.41) is 0.561. The molecule has 2 rings (SSSR count). The molecular formula is C14H19ClN2O. The zero-order valence-electron chi connectivity index (χ0n) is 10.8. The van der Waals surface area contributed by atoms with Crippen LogP contribution in [-0.2, 0) is 0 Å². The molecule has 1 saturated heterocycles. The lowest BCUT2D eigenvalue weighted by molar-refractivity contribution is 0.0785. The van der Waals surface area contributed by atoms with Gasteiger partial charge in [0.1, 0.15) is 0 Å². The molecule has 1 aliphatic heterocycles. The Morgan fingerprint density at radius 3 is 2.78 bits per heavy atom. The zero-order valence-corrected chi connectivity index (χ0v) is 11.6. The fourth-order valence-corrected chi connectivity index (χ4v) is 2.60. The third-order valence-electron chi connectivity index (χ3n) is 3.70. The van der Waals surface area contributed by atoms with E-state index < -0.39 is 0 Å². The lowest BCUT2D eigenvalue weighted by atomic mass is 9.95. The van der Waals surface area contributed by atoms with Crippen molar-refractivity contribution in [2.24, 2.45) is 11.8 Å². The van der Waals surface area contributed by atoms with Gasteiger partial charge in [0, 0.05) is 23.8 Å². The number of amides is 1. The topological polar surface area (TPSA) is 46.3 Å². The van der Waals surface area contributed by atoms with Crippen LogP contribution < -0.4 is 5.73 Å². The predicted molar refractivity (Wildman–Crippen MR) is 74.7 cm³/mol. The van der Waals surface area contributed by atoms with Gasteiger partial charge < -0.3 is 10.6 Å². The van der Waals surface area contributed by atoms with Crippen LogP contribution in [0.3, 0.4) is 0 Å². The average Bonchev–Trinajstić information content (AvgIpc) is 2.77. The smallest absolute Gasteiger partial charge is 0.255 e. The van der Waals surface area contributed by atoms with E-state index in [0.29, 0.717) is 28.1 Å². The Bertz CT molecular complexity index is 459. The molecule has 1 fully saturated rings. The van der Waals surface area contributed by atoms with E-state index in [1.807, 2.05) is 4.90 Å². The first-order valence-corrected chi connectivity index (χ1v) is 6.71. The number of nitrogens with zero attached hydrogens (tertiary/aromatic N) is 1. The maximum Gasteiger partial charge on any atom is 0.255 e. The van der Waals surface area contributed by atoms with E-state index in [1.54, 1.807) is 18.2 Å². The Morgan fingerprint density at radius 2 is 2.22 bits per heavy atom. The van der Waals surface area contributed by atoms with Gasteiger partial charge in [-0.25, -0.2) is 0 Å². The molecule has 0 aromatic heterocycles. The number of hydrogen-bond donors (Lipinski definition) is 1. The first kappa shape index (κ1) is 13.2. The highest BCUT2D eigenvalue weighted by Crippen LogP contribution is 2.26. The van der Waals surface area contributed by atoms with Crippen LogP contribution in [0.2, 0.25) is 5.02 Å². The number of carbonyl (C=O) groups is 1. The summed E-state index contributed by atoms with van der Waals surface area (Å²) < 4.78 is 0. The Hall–Kier alpha value is -1.22. The molecule has 0 spiro atoms. The van der Waals surface area contributed by atoms with Gasteiger partial charge in [0.15, 0.2) is 0 Å². The number of benzene rings is 1. The number of carbonyl (C=O) groups excluding carboxylic acids is 1. The van der Waals surface area contributed by atoms with Gasteiger partial charge in [-0.15, -0.1) is 0 Å². The van der Waals surface area contributed by atoms with E-state index in [2.05, 4.69) is 13.8 Å². The number of likely N-dealkylation sites (tertiary alicyclic amines) is 1. The van der Waals surface area contributed by atoms with E-state index >= 15 is 0 Å². The van der Waals surface area contributed by atoms with Crippen molar-refractivity contribution in [2.45, 2.75) is 20.3 Å². The molecule has 1 atom stereocenters. The molecule has 2 N–H and O–H groups in total. The molecule has 0 bridgehead atoms. The molecule has 1 heterocycles. The van der Waals surface area contributed by atoms with Crippen LogP contribution in [0.5, 0.6) is 0 Å². The SMILES string of the molecule is CC(C)C1CCN(C(=O)c2ccc(Cl)cc2N)C1. The Morgan fingerprint density at radius 1 is 1.50 bits per heavy atom. The summed E-state index contributed by atoms with van der Waals surface area (Å²) in [6, 6.07) is 5.05. The van der Waals surface area contributed by atoms with E-state index in [1.165, 1.54) is 0 Å². The summed E-state index contributed by atoms with van der Waals surface area (Å²) in [6.45, 7) is 6.06. The molecule has 1 aliphatic rings. The second kappa shape index (κ2) is 5.19. The van der Waals surface area contributed by atoms with E-state index in [9.17, 15) is 4.79 Å². The number of nitrogens with two attached hydrogens (primary N) is 1. The minimum absolute atomic E-state index is 0.0207. The van der Waals surface area contributed by atoms with Crippen LogP contribution in [0.25, 0.3) is 0 Å². The van der Waals surface area contributed by atoms with Gasteiger partial charge in [0.25, 0.3) is 5.91 Å². The van der Waals surface area contributed by atoms with Gasteiger partial charge in [-0.05, 0) is 36.5 Å². The van der Waals surface area contributed by atoms with E-state index in [4.69, 9.17) is 17.3 Å². The lowest BCUT2D eigenvalue weighted by Gasteiger charge is -2.19. The summed E-state index contributed by atoms with van der Waals surface area (Å²) in [6.07, 6.45) is 1.08. The largest absolute Gasteiger partial charge is 0.398 e. The van der Waals surface area contributed by atoms with Gasteiger partial charge in [0.05, 0.1) is 5.56 Å². The van der Waals surface area contributed by atoms with Crippen LogP contribution >= 0.6 is 11.6 Å². The van der Waals surface area contributed by atoms with Crippen molar-refractivity contribution >= 4 is 23.2 Å². The maximum absolute atomic E-state index is 12.4. The highest BCUT2D eigenvalue weighted by Gasteiger charge is 2.29. The van der Waals surface area contributed by atoms with E-state index in [-0.39, 0.29) is 5.91 Å². The first-order chi connectivity index (χ1) is 8.49. The minimum atomic E-state index is 0.0207. The van der Waals surface area contributed by atoms with Crippen molar-refractivity contribution in [3.05, 3.63) is 28.8 Å². The molecule has 18 heavy (non-hydrogen) atoms. The molecule has 3 nitrogen and oxygen atoms in total. The highest BCUT2D eigenvalue weighted by atomic mass is 35.5. The third kappa shape index (κ3) is 2.61.